The Kier molecular flexibility index (Phi) is 4.96. The number of amides is 1. The molecule has 2 atom stereocenters. The van der Waals surface area contributed by atoms with Gasteiger partial charge in [0.05, 0.1) is 12.1 Å². The molecule has 2 unspecified atom stereocenters. The molecular formula is C14H19BrN2O2. The Morgan fingerprint density at radius 2 is 2.26 bits per heavy atom. The van der Waals surface area contributed by atoms with Crippen LogP contribution >= 0.6 is 15.9 Å². The highest BCUT2D eigenvalue weighted by atomic mass is 79.9. The van der Waals surface area contributed by atoms with Gasteiger partial charge in [0.25, 0.3) is 0 Å². The number of ether oxygens (including phenoxy) is 1. The number of nitrogens with zero attached hydrogens (tertiary/aromatic N) is 1. The normalized spacial score (nSPS) is 22.5. The van der Waals surface area contributed by atoms with Gasteiger partial charge in [-0.25, -0.2) is 0 Å². The summed E-state index contributed by atoms with van der Waals surface area (Å²) in [6.45, 7) is 1.35. The van der Waals surface area contributed by atoms with Crippen LogP contribution in [0.5, 0.6) is 0 Å². The first-order valence-electron chi connectivity index (χ1n) is 6.36. The van der Waals surface area contributed by atoms with Crippen molar-refractivity contribution in [2.45, 2.75) is 25.1 Å². The molecule has 0 radical (unpaired) electrons. The van der Waals surface area contributed by atoms with Crippen LogP contribution in [-0.4, -0.2) is 43.7 Å². The second kappa shape index (κ2) is 6.50. The predicted molar refractivity (Wildman–Crippen MR) is 77.8 cm³/mol. The Morgan fingerprint density at radius 3 is 2.89 bits per heavy atom. The average Bonchev–Trinajstić information content (AvgIpc) is 2.89. The molecule has 1 aromatic rings. The number of hydrogen-bond donors (Lipinski definition) is 1. The Morgan fingerprint density at radius 1 is 1.53 bits per heavy atom. The van der Waals surface area contributed by atoms with Gasteiger partial charge in [-0.2, -0.15) is 0 Å². The van der Waals surface area contributed by atoms with Gasteiger partial charge in [0.15, 0.2) is 0 Å². The van der Waals surface area contributed by atoms with E-state index in [0.717, 1.165) is 23.0 Å². The molecule has 0 saturated carbocycles. The number of carbonyl (C=O) groups is 1. The molecule has 1 aliphatic rings. The van der Waals surface area contributed by atoms with Gasteiger partial charge in [-0.3, -0.25) is 4.79 Å². The van der Waals surface area contributed by atoms with E-state index in [2.05, 4.69) is 21.2 Å². The van der Waals surface area contributed by atoms with Crippen molar-refractivity contribution in [3.8, 4) is 0 Å². The number of methoxy groups -OCH3 is 1. The lowest BCUT2D eigenvalue weighted by Crippen LogP contribution is -2.41. The van der Waals surface area contributed by atoms with Gasteiger partial charge in [0.1, 0.15) is 0 Å². The first-order chi connectivity index (χ1) is 9.11. The maximum absolute atomic E-state index is 12.3. The molecule has 1 fully saturated rings. The first-order valence-corrected chi connectivity index (χ1v) is 7.15. The summed E-state index contributed by atoms with van der Waals surface area (Å²) in [5.74, 6) is 0.121. The number of halogens is 1. The molecule has 0 aromatic heterocycles. The highest BCUT2D eigenvalue weighted by Crippen LogP contribution is 2.18. The van der Waals surface area contributed by atoms with Crippen molar-refractivity contribution in [1.82, 2.24) is 10.2 Å². The van der Waals surface area contributed by atoms with Crippen molar-refractivity contribution in [3.63, 3.8) is 0 Å². The third-order valence-electron chi connectivity index (χ3n) is 3.46. The maximum Gasteiger partial charge on any atom is 0.239 e. The number of carbonyl (C=O) groups excluding carboxylic acids is 1. The van der Waals surface area contributed by atoms with E-state index in [-0.39, 0.29) is 18.1 Å². The molecule has 19 heavy (non-hydrogen) atoms. The molecule has 1 heterocycles. The van der Waals surface area contributed by atoms with Gasteiger partial charge in [-0.15, -0.1) is 0 Å². The van der Waals surface area contributed by atoms with Gasteiger partial charge in [-0.1, -0.05) is 34.1 Å². The molecule has 1 aliphatic heterocycles. The van der Waals surface area contributed by atoms with Crippen LogP contribution in [0.15, 0.2) is 28.7 Å². The monoisotopic (exact) mass is 326 g/mol. The Balaban J connectivity index is 1.95. The topological polar surface area (TPSA) is 41.6 Å². The molecule has 4 nitrogen and oxygen atoms in total. The van der Waals surface area contributed by atoms with Crippen molar-refractivity contribution in [2.75, 3.05) is 20.7 Å². The van der Waals surface area contributed by atoms with Crippen molar-refractivity contribution in [2.24, 2.45) is 0 Å². The maximum atomic E-state index is 12.3. The molecule has 1 amide bonds. The highest BCUT2D eigenvalue weighted by molar-refractivity contribution is 9.10. The van der Waals surface area contributed by atoms with E-state index >= 15 is 0 Å². The fourth-order valence-corrected chi connectivity index (χ4v) is 2.71. The van der Waals surface area contributed by atoms with Crippen LogP contribution in [0.25, 0.3) is 0 Å². The van der Waals surface area contributed by atoms with Crippen molar-refractivity contribution in [3.05, 3.63) is 34.3 Å². The van der Waals surface area contributed by atoms with Gasteiger partial charge in [-0.05, 0) is 18.1 Å². The van der Waals surface area contributed by atoms with Crippen LogP contribution in [-0.2, 0) is 16.1 Å². The SMILES string of the molecule is COC1CNC(C(=O)N(C)Cc2ccccc2Br)C1. The van der Waals surface area contributed by atoms with Crippen molar-refractivity contribution >= 4 is 21.8 Å². The highest BCUT2D eigenvalue weighted by Gasteiger charge is 2.31. The van der Waals surface area contributed by atoms with Crippen LogP contribution in [0.2, 0.25) is 0 Å². The molecule has 1 aromatic carbocycles. The summed E-state index contributed by atoms with van der Waals surface area (Å²) >= 11 is 3.50. The second-order valence-corrected chi connectivity index (χ2v) is 5.69. The zero-order valence-corrected chi connectivity index (χ0v) is 12.8. The molecule has 1 saturated heterocycles. The molecule has 2 rings (SSSR count). The minimum Gasteiger partial charge on any atom is -0.380 e. The van der Waals surface area contributed by atoms with E-state index in [1.54, 1.807) is 12.0 Å². The van der Waals surface area contributed by atoms with Crippen LogP contribution in [0.3, 0.4) is 0 Å². The van der Waals surface area contributed by atoms with E-state index in [1.165, 1.54) is 0 Å². The lowest BCUT2D eigenvalue weighted by molar-refractivity contribution is -0.132. The van der Waals surface area contributed by atoms with Crippen LogP contribution in [0.4, 0.5) is 0 Å². The third kappa shape index (κ3) is 3.55. The number of benzene rings is 1. The minimum atomic E-state index is -0.127. The fraction of sp³-hybridized carbons (Fsp3) is 0.500. The van der Waals surface area contributed by atoms with Gasteiger partial charge >= 0.3 is 0 Å². The van der Waals surface area contributed by atoms with E-state index in [0.29, 0.717) is 6.54 Å². The van der Waals surface area contributed by atoms with Gasteiger partial charge in [0, 0.05) is 31.7 Å². The first kappa shape index (κ1) is 14.5. The second-order valence-electron chi connectivity index (χ2n) is 4.84. The quantitative estimate of drug-likeness (QED) is 0.917. The summed E-state index contributed by atoms with van der Waals surface area (Å²) in [6.07, 6.45) is 0.890. The zero-order valence-electron chi connectivity index (χ0n) is 11.2. The number of nitrogens with one attached hydrogen (secondary N) is 1. The van der Waals surface area contributed by atoms with Crippen LogP contribution in [0, 0.1) is 0 Å². The lowest BCUT2D eigenvalue weighted by Gasteiger charge is -2.21. The Labute approximate surface area is 122 Å². The molecular weight excluding hydrogens is 308 g/mol. The van der Waals surface area contributed by atoms with E-state index in [1.807, 2.05) is 31.3 Å². The van der Waals surface area contributed by atoms with E-state index in [4.69, 9.17) is 4.74 Å². The smallest absolute Gasteiger partial charge is 0.239 e. The number of hydrogen-bond acceptors (Lipinski definition) is 3. The van der Waals surface area contributed by atoms with Gasteiger partial charge in [0.2, 0.25) is 5.91 Å². The number of rotatable bonds is 4. The molecule has 0 spiro atoms. The molecule has 0 aliphatic carbocycles. The molecule has 104 valence electrons. The third-order valence-corrected chi connectivity index (χ3v) is 4.24. The average molecular weight is 327 g/mol. The largest absolute Gasteiger partial charge is 0.380 e. The lowest BCUT2D eigenvalue weighted by atomic mass is 10.1. The summed E-state index contributed by atoms with van der Waals surface area (Å²) in [6, 6.07) is 7.83. The summed E-state index contributed by atoms with van der Waals surface area (Å²) in [7, 11) is 3.52. The Hall–Kier alpha value is -0.910. The van der Waals surface area contributed by atoms with Crippen molar-refractivity contribution < 1.29 is 9.53 Å². The van der Waals surface area contributed by atoms with Gasteiger partial charge < -0.3 is 15.0 Å². The molecule has 5 heteroatoms. The number of likely N-dealkylation sites (N-methyl/N-ethyl adjacent to an activating group) is 1. The summed E-state index contributed by atoms with van der Waals surface area (Å²) in [5, 5.41) is 3.21. The van der Waals surface area contributed by atoms with Crippen LogP contribution in [0.1, 0.15) is 12.0 Å². The standard InChI is InChI=1S/C14H19BrN2O2/c1-17(9-10-5-3-4-6-12(10)15)14(18)13-7-11(19-2)8-16-13/h3-6,11,13,16H,7-9H2,1-2H3. The zero-order chi connectivity index (χ0) is 13.8. The summed E-state index contributed by atoms with van der Waals surface area (Å²) in [5.41, 5.74) is 1.11. The Bertz CT molecular complexity index is 453. The predicted octanol–water partition coefficient (Wildman–Crippen LogP) is 1.78. The summed E-state index contributed by atoms with van der Waals surface area (Å²) in [4.78, 5) is 14.1. The fourth-order valence-electron chi connectivity index (χ4n) is 2.30. The summed E-state index contributed by atoms with van der Waals surface area (Å²) < 4.78 is 6.30. The molecule has 0 bridgehead atoms. The molecule has 1 N–H and O–H groups in total. The van der Waals surface area contributed by atoms with Crippen molar-refractivity contribution in [1.29, 1.82) is 0 Å². The van der Waals surface area contributed by atoms with E-state index < -0.39 is 0 Å². The minimum absolute atomic E-state index is 0.121. The van der Waals surface area contributed by atoms with Crippen LogP contribution < -0.4 is 5.32 Å². The van der Waals surface area contributed by atoms with E-state index in [9.17, 15) is 4.79 Å².